The van der Waals surface area contributed by atoms with Crippen LogP contribution in [0.1, 0.15) is 37.3 Å². The first kappa shape index (κ1) is 16.5. The van der Waals surface area contributed by atoms with Crippen molar-refractivity contribution < 1.29 is 4.79 Å². The van der Waals surface area contributed by atoms with E-state index in [9.17, 15) is 9.59 Å². The molecule has 5 heteroatoms. The monoisotopic (exact) mass is 347 g/mol. The summed E-state index contributed by atoms with van der Waals surface area (Å²) < 4.78 is 1.61. The summed E-state index contributed by atoms with van der Waals surface area (Å²) in [6.45, 7) is 4.04. The molecule has 0 aliphatic carbocycles. The molecule has 0 radical (unpaired) electrons. The number of carbonyl (C=O) groups excluding carboxylic acids is 1. The highest BCUT2D eigenvalue weighted by Crippen LogP contribution is 2.29. The van der Waals surface area contributed by atoms with Gasteiger partial charge in [-0.15, -0.1) is 0 Å². The zero-order chi connectivity index (χ0) is 18.3. The Kier molecular flexibility index (Phi) is 4.07. The lowest BCUT2D eigenvalue weighted by atomic mass is 9.96. The fourth-order valence-electron chi connectivity index (χ4n) is 3.60. The number of carbonyl (C=O) groups is 1. The number of nitrogens with one attached hydrogen (secondary N) is 1. The number of amides is 1. The first-order chi connectivity index (χ1) is 12.6. The highest BCUT2D eigenvalue weighted by molar-refractivity contribution is 5.84. The van der Waals surface area contributed by atoms with E-state index in [0.717, 1.165) is 5.56 Å². The van der Waals surface area contributed by atoms with Crippen molar-refractivity contribution in [3.8, 4) is 0 Å². The Bertz CT molecular complexity index is 1020. The number of benzene rings is 2. The van der Waals surface area contributed by atoms with Crippen molar-refractivity contribution in [2.75, 3.05) is 0 Å². The molecule has 1 aromatic heterocycles. The minimum Gasteiger partial charge on any atom is -0.344 e. The average molecular weight is 347 g/mol. The van der Waals surface area contributed by atoms with Crippen LogP contribution in [0.2, 0.25) is 0 Å². The number of para-hydroxylation sites is 1. The van der Waals surface area contributed by atoms with Crippen LogP contribution in [0.25, 0.3) is 10.9 Å². The van der Waals surface area contributed by atoms with Crippen molar-refractivity contribution in [1.29, 1.82) is 0 Å². The molecule has 5 nitrogen and oxygen atoms in total. The molecule has 0 unspecified atom stereocenters. The molecule has 2 aromatic carbocycles. The van der Waals surface area contributed by atoms with E-state index in [0.29, 0.717) is 23.1 Å². The number of aromatic nitrogens is 2. The van der Waals surface area contributed by atoms with E-state index in [1.165, 1.54) is 0 Å². The number of nitrogens with zero attached hydrogens (tertiary/aromatic N) is 2. The molecule has 2 heterocycles. The predicted octanol–water partition coefficient (Wildman–Crippen LogP) is 3.01. The van der Waals surface area contributed by atoms with Crippen molar-refractivity contribution in [1.82, 2.24) is 14.9 Å². The topological polar surface area (TPSA) is 64.0 Å². The van der Waals surface area contributed by atoms with E-state index in [1.54, 1.807) is 10.6 Å². The third-order valence-corrected chi connectivity index (χ3v) is 4.96. The van der Waals surface area contributed by atoms with Gasteiger partial charge in [-0.05, 0) is 23.6 Å². The third kappa shape index (κ3) is 2.69. The van der Waals surface area contributed by atoms with Crippen LogP contribution in [0.3, 0.4) is 0 Å². The Balaban J connectivity index is 1.93. The maximum absolute atomic E-state index is 13.2. The molecule has 0 spiro atoms. The van der Waals surface area contributed by atoms with Gasteiger partial charge in [0.05, 0.1) is 16.9 Å². The number of hydrogen-bond donors (Lipinski definition) is 1. The van der Waals surface area contributed by atoms with E-state index >= 15 is 0 Å². The molecular formula is C21H21N3O2. The molecule has 1 N–H and O–H groups in total. The lowest BCUT2D eigenvalue weighted by molar-refractivity contribution is -0.127. The number of fused-ring (bicyclic) bond motifs is 2. The molecule has 1 amide bonds. The Hall–Kier alpha value is -2.95. The molecule has 0 saturated heterocycles. The summed E-state index contributed by atoms with van der Waals surface area (Å²) in [7, 11) is 0. The lowest BCUT2D eigenvalue weighted by Gasteiger charge is -2.34. The van der Waals surface area contributed by atoms with E-state index in [4.69, 9.17) is 4.98 Å². The van der Waals surface area contributed by atoms with Gasteiger partial charge in [0.25, 0.3) is 5.56 Å². The van der Waals surface area contributed by atoms with Gasteiger partial charge in [-0.25, -0.2) is 4.98 Å². The Morgan fingerprint density at radius 2 is 1.73 bits per heavy atom. The normalized spacial score (nSPS) is 19.4. The van der Waals surface area contributed by atoms with Gasteiger partial charge < -0.3 is 5.32 Å². The van der Waals surface area contributed by atoms with Crippen LogP contribution in [-0.2, 0) is 11.2 Å². The van der Waals surface area contributed by atoms with Crippen LogP contribution < -0.4 is 10.9 Å². The molecule has 0 bridgehead atoms. The molecule has 1 aliphatic heterocycles. The highest BCUT2D eigenvalue weighted by Gasteiger charge is 2.36. The van der Waals surface area contributed by atoms with Gasteiger partial charge in [0.15, 0.2) is 0 Å². The van der Waals surface area contributed by atoms with Gasteiger partial charge in [0.2, 0.25) is 5.91 Å². The van der Waals surface area contributed by atoms with Crippen LogP contribution in [-0.4, -0.2) is 15.5 Å². The average Bonchev–Trinajstić information content (AvgIpc) is 2.64. The summed E-state index contributed by atoms with van der Waals surface area (Å²) in [6.07, 6.45) is 0.463. The minimum absolute atomic E-state index is 0.126. The largest absolute Gasteiger partial charge is 0.344 e. The zero-order valence-electron chi connectivity index (χ0n) is 14.8. The molecule has 0 saturated carbocycles. The number of rotatable bonds is 3. The summed E-state index contributed by atoms with van der Waals surface area (Å²) in [5.41, 5.74) is 1.54. The minimum atomic E-state index is -0.591. The predicted molar refractivity (Wildman–Crippen MR) is 101 cm³/mol. The Labute approximate surface area is 151 Å². The van der Waals surface area contributed by atoms with Gasteiger partial charge in [0, 0.05) is 6.42 Å². The zero-order valence-corrected chi connectivity index (χ0v) is 14.8. The summed E-state index contributed by atoms with van der Waals surface area (Å²) in [5.74, 6) is 0.652. The second kappa shape index (κ2) is 6.41. The van der Waals surface area contributed by atoms with Crippen LogP contribution >= 0.6 is 0 Å². The second-order valence-corrected chi connectivity index (χ2v) is 7.10. The van der Waals surface area contributed by atoms with E-state index in [1.807, 2.05) is 62.4 Å². The Morgan fingerprint density at radius 3 is 2.46 bits per heavy atom. The van der Waals surface area contributed by atoms with Gasteiger partial charge >= 0.3 is 0 Å². The first-order valence-electron chi connectivity index (χ1n) is 8.91. The highest BCUT2D eigenvalue weighted by atomic mass is 16.2. The van der Waals surface area contributed by atoms with Crippen molar-refractivity contribution >= 4 is 16.8 Å². The van der Waals surface area contributed by atoms with E-state index in [2.05, 4.69) is 5.32 Å². The van der Waals surface area contributed by atoms with Gasteiger partial charge in [0.1, 0.15) is 11.9 Å². The smallest absolute Gasteiger partial charge is 0.262 e. The third-order valence-electron chi connectivity index (χ3n) is 4.96. The quantitative estimate of drug-likeness (QED) is 0.792. The molecule has 4 rings (SSSR count). The fourth-order valence-corrected chi connectivity index (χ4v) is 3.60. The van der Waals surface area contributed by atoms with Gasteiger partial charge in [-0.1, -0.05) is 56.3 Å². The maximum Gasteiger partial charge on any atom is 0.262 e. The molecule has 26 heavy (non-hydrogen) atoms. The lowest BCUT2D eigenvalue weighted by Crippen LogP contribution is -2.49. The van der Waals surface area contributed by atoms with Gasteiger partial charge in [-0.3, -0.25) is 14.2 Å². The Morgan fingerprint density at radius 1 is 1.04 bits per heavy atom. The summed E-state index contributed by atoms with van der Waals surface area (Å²) in [6, 6.07) is 16.2. The molecule has 1 aliphatic rings. The molecular weight excluding hydrogens is 326 g/mol. The molecule has 0 fully saturated rings. The van der Waals surface area contributed by atoms with Crippen molar-refractivity contribution in [2.45, 2.75) is 32.4 Å². The second-order valence-electron chi connectivity index (χ2n) is 7.10. The van der Waals surface area contributed by atoms with Gasteiger partial charge in [-0.2, -0.15) is 0 Å². The van der Waals surface area contributed by atoms with Crippen molar-refractivity contribution in [3.63, 3.8) is 0 Å². The van der Waals surface area contributed by atoms with E-state index in [-0.39, 0.29) is 23.4 Å². The maximum atomic E-state index is 13.2. The van der Waals surface area contributed by atoms with Crippen LogP contribution in [0.4, 0.5) is 0 Å². The summed E-state index contributed by atoms with van der Waals surface area (Å²) in [4.78, 5) is 30.9. The summed E-state index contributed by atoms with van der Waals surface area (Å²) >= 11 is 0. The summed E-state index contributed by atoms with van der Waals surface area (Å²) in [5, 5.41) is 3.62. The van der Waals surface area contributed by atoms with Crippen molar-refractivity contribution in [2.24, 2.45) is 5.92 Å². The fraction of sp³-hybridized carbons (Fsp3) is 0.286. The van der Waals surface area contributed by atoms with Crippen molar-refractivity contribution in [3.05, 3.63) is 76.3 Å². The first-order valence-corrected chi connectivity index (χ1v) is 8.91. The van der Waals surface area contributed by atoms with Crippen LogP contribution in [0, 0.1) is 5.92 Å². The molecule has 3 aromatic rings. The molecule has 132 valence electrons. The SMILES string of the molecule is CC(C)[C@@H]1NC(=O)[C@H](Cc2ccccc2)n2c1nc1ccccc1c2=O. The van der Waals surface area contributed by atoms with Crippen LogP contribution in [0.5, 0.6) is 0 Å². The standard InChI is InChI=1S/C21H21N3O2/c1-13(2)18-19-22-16-11-7-6-10-15(16)21(26)24(19)17(20(25)23-18)12-14-8-4-3-5-9-14/h3-11,13,17-18H,12H2,1-2H3,(H,23,25)/t17-,18-/m0/s1. The van der Waals surface area contributed by atoms with E-state index < -0.39 is 6.04 Å². The number of hydrogen-bond acceptors (Lipinski definition) is 3. The van der Waals surface area contributed by atoms with Crippen LogP contribution in [0.15, 0.2) is 59.4 Å². The molecule has 2 atom stereocenters.